The lowest BCUT2D eigenvalue weighted by molar-refractivity contribution is 0.0384. The molecule has 5 nitrogen and oxygen atoms in total. The largest absolute Gasteiger partial charge is 0.383 e. The molecule has 6 heteroatoms. The quantitative estimate of drug-likeness (QED) is 0.608. The zero-order chi connectivity index (χ0) is 13.7. The maximum absolute atomic E-state index is 7.62. The monoisotopic (exact) mass is 282 g/mol. The van der Waals surface area contributed by atoms with Gasteiger partial charge in [-0.15, -0.1) is 11.3 Å². The van der Waals surface area contributed by atoms with Crippen molar-refractivity contribution >= 4 is 17.2 Å². The summed E-state index contributed by atoms with van der Waals surface area (Å²) in [4.78, 5) is 7.91. The third-order valence-corrected chi connectivity index (χ3v) is 4.41. The maximum atomic E-state index is 7.62. The summed E-state index contributed by atoms with van der Waals surface area (Å²) in [6, 6.07) is 0. The summed E-state index contributed by atoms with van der Waals surface area (Å²) in [7, 11) is 0. The second-order valence-corrected chi connectivity index (χ2v) is 5.83. The van der Waals surface area contributed by atoms with E-state index in [0.29, 0.717) is 0 Å². The zero-order valence-electron chi connectivity index (χ0n) is 11.4. The molecule has 2 heterocycles. The molecule has 1 fully saturated rings. The molecule has 1 saturated heterocycles. The third kappa shape index (κ3) is 3.99. The summed E-state index contributed by atoms with van der Waals surface area (Å²) < 4.78 is 5.34. The fraction of sp³-hybridized carbons (Fsp3) is 0.692. The Hall–Kier alpha value is -0.980. The number of nitrogens with two attached hydrogens (primary N) is 1. The molecule has 0 aliphatic carbocycles. The molecule has 0 radical (unpaired) electrons. The molecule has 0 atom stereocenters. The van der Waals surface area contributed by atoms with Gasteiger partial charge in [0.25, 0.3) is 0 Å². The Morgan fingerprint density at radius 3 is 2.79 bits per heavy atom. The van der Waals surface area contributed by atoms with Gasteiger partial charge in [-0.25, -0.2) is 4.98 Å². The number of aryl methyl sites for hydroxylation is 1. The van der Waals surface area contributed by atoms with Crippen molar-refractivity contribution < 1.29 is 4.74 Å². The van der Waals surface area contributed by atoms with Crippen LogP contribution in [-0.2, 0) is 17.6 Å². The molecular formula is C13H22N4OS. The van der Waals surface area contributed by atoms with E-state index in [4.69, 9.17) is 15.9 Å². The number of rotatable bonds is 6. The van der Waals surface area contributed by atoms with Crippen molar-refractivity contribution in [3.63, 3.8) is 0 Å². The van der Waals surface area contributed by atoms with E-state index >= 15 is 0 Å². The van der Waals surface area contributed by atoms with Crippen LogP contribution in [0.3, 0.4) is 0 Å². The summed E-state index contributed by atoms with van der Waals surface area (Å²) in [6.45, 7) is 6.81. The molecule has 0 amide bonds. The molecule has 1 aliphatic heterocycles. The van der Waals surface area contributed by atoms with Crippen LogP contribution in [0.4, 0.5) is 0 Å². The average molecular weight is 282 g/mol. The highest BCUT2D eigenvalue weighted by molar-refractivity contribution is 7.13. The van der Waals surface area contributed by atoms with E-state index in [1.807, 2.05) is 0 Å². The summed E-state index contributed by atoms with van der Waals surface area (Å²) in [6.07, 6.45) is 2.88. The Labute approximate surface area is 118 Å². The van der Waals surface area contributed by atoms with Crippen LogP contribution < -0.4 is 5.73 Å². The highest BCUT2D eigenvalue weighted by atomic mass is 32.1. The minimum Gasteiger partial charge on any atom is -0.383 e. The molecule has 0 spiro atoms. The van der Waals surface area contributed by atoms with Gasteiger partial charge in [-0.1, -0.05) is 13.3 Å². The van der Waals surface area contributed by atoms with Crippen LogP contribution in [-0.4, -0.2) is 48.6 Å². The lowest BCUT2D eigenvalue weighted by atomic mass is 10.2. The van der Waals surface area contributed by atoms with Crippen molar-refractivity contribution in [2.75, 3.05) is 32.8 Å². The van der Waals surface area contributed by atoms with Gasteiger partial charge in [0.2, 0.25) is 0 Å². The number of nitrogens with zero attached hydrogens (tertiary/aromatic N) is 2. The van der Waals surface area contributed by atoms with Crippen LogP contribution >= 0.6 is 11.3 Å². The Kier molecular flexibility index (Phi) is 5.30. The Morgan fingerprint density at radius 2 is 2.16 bits per heavy atom. The van der Waals surface area contributed by atoms with E-state index < -0.39 is 0 Å². The molecule has 3 N–H and O–H groups in total. The minimum atomic E-state index is 0.151. The number of nitrogens with one attached hydrogen (secondary N) is 1. The molecule has 1 aromatic heterocycles. The van der Waals surface area contributed by atoms with Crippen molar-refractivity contribution in [2.24, 2.45) is 5.73 Å². The first kappa shape index (κ1) is 14.4. The van der Waals surface area contributed by atoms with E-state index in [1.54, 1.807) is 11.3 Å². The predicted molar refractivity (Wildman–Crippen MR) is 78.1 cm³/mol. The molecule has 0 saturated carbocycles. The number of hydrogen-bond donors (Lipinski definition) is 2. The van der Waals surface area contributed by atoms with Crippen molar-refractivity contribution in [2.45, 2.75) is 26.2 Å². The molecule has 0 aromatic carbocycles. The summed E-state index contributed by atoms with van der Waals surface area (Å²) >= 11 is 1.58. The maximum Gasteiger partial charge on any atom is 0.135 e. The standard InChI is InChI=1S/C13H22N4OS/c1-2-3-10-12(13(14)15)19-11(16-10)4-5-17-6-8-18-9-7-17/h2-9H2,1H3,(H3,14,15). The second kappa shape index (κ2) is 6.98. The Morgan fingerprint density at radius 1 is 1.42 bits per heavy atom. The van der Waals surface area contributed by atoms with E-state index in [0.717, 1.165) is 67.7 Å². The van der Waals surface area contributed by atoms with Crippen LogP contribution in [0.2, 0.25) is 0 Å². The van der Waals surface area contributed by atoms with Gasteiger partial charge in [0.15, 0.2) is 0 Å². The van der Waals surface area contributed by atoms with Crippen LogP contribution in [0.5, 0.6) is 0 Å². The minimum absolute atomic E-state index is 0.151. The second-order valence-electron chi connectivity index (χ2n) is 4.75. The molecule has 0 unspecified atom stereocenters. The van der Waals surface area contributed by atoms with Crippen molar-refractivity contribution in [1.82, 2.24) is 9.88 Å². The van der Waals surface area contributed by atoms with Gasteiger partial charge in [-0.2, -0.15) is 0 Å². The van der Waals surface area contributed by atoms with Crippen LogP contribution in [0.25, 0.3) is 0 Å². The lowest BCUT2D eigenvalue weighted by Gasteiger charge is -2.25. The highest BCUT2D eigenvalue weighted by Crippen LogP contribution is 2.20. The fourth-order valence-corrected chi connectivity index (χ4v) is 3.16. The van der Waals surface area contributed by atoms with E-state index in [2.05, 4.69) is 16.8 Å². The van der Waals surface area contributed by atoms with E-state index in [9.17, 15) is 0 Å². The normalized spacial score (nSPS) is 16.7. The number of amidine groups is 1. The number of aromatic nitrogens is 1. The van der Waals surface area contributed by atoms with Gasteiger partial charge in [-0.05, 0) is 6.42 Å². The Balaban J connectivity index is 1.95. The smallest absolute Gasteiger partial charge is 0.135 e. The topological polar surface area (TPSA) is 75.2 Å². The molecule has 1 aromatic rings. The number of morpholine rings is 1. The first-order valence-corrected chi connectivity index (χ1v) is 7.65. The highest BCUT2D eigenvalue weighted by Gasteiger charge is 2.15. The van der Waals surface area contributed by atoms with Gasteiger partial charge in [0, 0.05) is 26.1 Å². The molecular weight excluding hydrogens is 260 g/mol. The molecule has 19 heavy (non-hydrogen) atoms. The van der Waals surface area contributed by atoms with E-state index in [1.165, 1.54) is 0 Å². The van der Waals surface area contributed by atoms with Crippen molar-refractivity contribution in [3.05, 3.63) is 15.6 Å². The number of hydrogen-bond acceptors (Lipinski definition) is 5. The zero-order valence-corrected chi connectivity index (χ0v) is 12.3. The predicted octanol–water partition coefficient (Wildman–Crippen LogP) is 1.25. The van der Waals surface area contributed by atoms with Gasteiger partial charge < -0.3 is 10.5 Å². The van der Waals surface area contributed by atoms with Crippen LogP contribution in [0, 0.1) is 5.41 Å². The number of ether oxygens (including phenoxy) is 1. The summed E-state index contributed by atoms with van der Waals surface area (Å²) in [5, 5.41) is 8.71. The molecule has 2 rings (SSSR count). The van der Waals surface area contributed by atoms with Gasteiger partial charge in [-0.3, -0.25) is 10.3 Å². The third-order valence-electron chi connectivity index (χ3n) is 3.22. The number of nitrogen functional groups attached to an aromatic ring is 1. The summed E-state index contributed by atoms with van der Waals surface area (Å²) in [5.74, 6) is 0.151. The van der Waals surface area contributed by atoms with Crippen LogP contribution in [0.1, 0.15) is 28.9 Å². The molecule has 0 bridgehead atoms. The molecule has 1 aliphatic rings. The van der Waals surface area contributed by atoms with Crippen molar-refractivity contribution in [1.29, 1.82) is 5.41 Å². The summed E-state index contributed by atoms with van der Waals surface area (Å²) in [5.41, 5.74) is 6.62. The number of thiazole rings is 1. The van der Waals surface area contributed by atoms with Gasteiger partial charge in [0.05, 0.1) is 28.8 Å². The Bertz CT molecular complexity index is 426. The van der Waals surface area contributed by atoms with Gasteiger partial charge in [0.1, 0.15) is 5.84 Å². The fourth-order valence-electron chi connectivity index (χ4n) is 2.20. The first-order chi connectivity index (χ1) is 9.20. The molecule has 106 valence electrons. The van der Waals surface area contributed by atoms with Crippen molar-refractivity contribution in [3.8, 4) is 0 Å². The van der Waals surface area contributed by atoms with E-state index in [-0.39, 0.29) is 5.84 Å². The average Bonchev–Trinajstić information content (AvgIpc) is 2.81. The van der Waals surface area contributed by atoms with Gasteiger partial charge >= 0.3 is 0 Å². The SMILES string of the molecule is CCCc1nc(CCN2CCOCC2)sc1C(=N)N. The van der Waals surface area contributed by atoms with Crippen LogP contribution in [0.15, 0.2) is 0 Å². The lowest BCUT2D eigenvalue weighted by Crippen LogP contribution is -2.37. The first-order valence-electron chi connectivity index (χ1n) is 6.83.